The largest absolute Gasteiger partial charge is 0.339 e. The van der Waals surface area contributed by atoms with Gasteiger partial charge in [-0.2, -0.15) is 0 Å². The molecule has 3 fully saturated rings. The van der Waals surface area contributed by atoms with Crippen LogP contribution in [0.25, 0.3) is 0 Å². The molecule has 3 aliphatic rings. The number of nitrogens with zero attached hydrogens (tertiary/aromatic N) is 5. The van der Waals surface area contributed by atoms with Gasteiger partial charge in [0.25, 0.3) is 11.8 Å². The van der Waals surface area contributed by atoms with Crippen molar-refractivity contribution < 1.29 is 14.4 Å². The molecule has 32 heavy (non-hydrogen) atoms. The predicted molar refractivity (Wildman–Crippen MR) is 119 cm³/mol. The van der Waals surface area contributed by atoms with Crippen LogP contribution in [0, 0.1) is 19.8 Å². The van der Waals surface area contributed by atoms with Gasteiger partial charge < -0.3 is 15.1 Å². The summed E-state index contributed by atoms with van der Waals surface area (Å²) in [5, 5.41) is 3.01. The van der Waals surface area contributed by atoms with Gasteiger partial charge in [-0.05, 0) is 58.4 Å². The first-order chi connectivity index (χ1) is 15.3. The molecule has 0 radical (unpaired) electrons. The minimum absolute atomic E-state index is 0.0475. The first kappa shape index (κ1) is 22.6. The van der Waals surface area contributed by atoms with Gasteiger partial charge in [0.05, 0.1) is 11.3 Å². The second-order valence-electron chi connectivity index (χ2n) is 9.42. The Kier molecular flexibility index (Phi) is 6.46. The van der Waals surface area contributed by atoms with Gasteiger partial charge >= 0.3 is 6.03 Å². The van der Waals surface area contributed by atoms with Crippen LogP contribution in [0.4, 0.5) is 4.79 Å². The first-order valence-corrected chi connectivity index (χ1v) is 11.8. The molecule has 3 saturated heterocycles. The quantitative estimate of drug-likeness (QED) is 0.698. The summed E-state index contributed by atoms with van der Waals surface area (Å²) >= 11 is 0. The van der Waals surface area contributed by atoms with E-state index in [9.17, 15) is 14.4 Å². The molecule has 1 aromatic heterocycles. The highest BCUT2D eigenvalue weighted by Crippen LogP contribution is 2.31. The molecule has 0 aliphatic carbocycles. The molecule has 9 heteroatoms. The molecule has 0 saturated carbocycles. The number of hydrogen-bond acceptors (Lipinski definition) is 6. The Morgan fingerprint density at radius 2 is 1.84 bits per heavy atom. The summed E-state index contributed by atoms with van der Waals surface area (Å²) in [6, 6.07) is -0.259. The van der Waals surface area contributed by atoms with E-state index in [1.807, 2.05) is 11.8 Å². The molecular formula is C23H34N6O3. The zero-order valence-corrected chi connectivity index (χ0v) is 19.4. The predicted octanol–water partition coefficient (Wildman–Crippen LogP) is 1.74. The number of imide groups is 1. The zero-order valence-electron chi connectivity index (χ0n) is 19.4. The number of aromatic nitrogens is 2. The molecule has 1 N–H and O–H groups in total. The van der Waals surface area contributed by atoms with Crippen LogP contribution in [0.3, 0.4) is 0 Å². The standard InChI is InChI=1S/C23H34N6O3/c1-4-9-27-12-7-23(8-13-27)21(31)29(22(32)26-23)15-18-5-10-28(11-6-18)20(30)19-14-24-17(3)25-16(19)2/h14,18H,4-13,15H2,1-3H3,(H,26,32). The van der Waals surface area contributed by atoms with E-state index in [2.05, 4.69) is 27.1 Å². The Bertz CT molecular complexity index is 888. The van der Waals surface area contributed by atoms with Gasteiger partial charge in [0.2, 0.25) is 0 Å². The number of amides is 4. The van der Waals surface area contributed by atoms with Gasteiger partial charge in [-0.1, -0.05) is 6.92 Å². The average molecular weight is 443 g/mol. The van der Waals surface area contributed by atoms with E-state index in [0.717, 1.165) is 38.9 Å². The second kappa shape index (κ2) is 9.13. The molecule has 4 amide bonds. The summed E-state index contributed by atoms with van der Waals surface area (Å²) in [5.41, 5.74) is 0.514. The summed E-state index contributed by atoms with van der Waals surface area (Å²) in [6.07, 6.45) is 5.59. The maximum absolute atomic E-state index is 13.2. The third-order valence-corrected chi connectivity index (χ3v) is 7.17. The Hall–Kier alpha value is -2.55. The van der Waals surface area contributed by atoms with Crippen LogP contribution >= 0.6 is 0 Å². The van der Waals surface area contributed by atoms with E-state index in [-0.39, 0.29) is 23.8 Å². The fourth-order valence-corrected chi connectivity index (χ4v) is 5.20. The summed E-state index contributed by atoms with van der Waals surface area (Å²) in [5.74, 6) is 0.748. The van der Waals surface area contributed by atoms with E-state index in [1.165, 1.54) is 4.90 Å². The highest BCUT2D eigenvalue weighted by molar-refractivity contribution is 6.07. The van der Waals surface area contributed by atoms with Crippen LogP contribution in [0.1, 0.15) is 60.9 Å². The van der Waals surface area contributed by atoms with Crippen LogP contribution in [-0.2, 0) is 4.79 Å². The van der Waals surface area contributed by atoms with Crippen molar-refractivity contribution >= 4 is 17.8 Å². The number of urea groups is 1. The highest BCUT2D eigenvalue weighted by atomic mass is 16.2. The molecule has 1 spiro atoms. The number of piperidine rings is 2. The van der Waals surface area contributed by atoms with Crippen molar-refractivity contribution in [2.75, 3.05) is 39.3 Å². The lowest BCUT2D eigenvalue weighted by atomic mass is 9.87. The van der Waals surface area contributed by atoms with Crippen molar-refractivity contribution in [2.45, 2.75) is 58.4 Å². The molecule has 0 aromatic carbocycles. The van der Waals surface area contributed by atoms with Crippen molar-refractivity contribution in [3.8, 4) is 0 Å². The Labute approximate surface area is 189 Å². The number of nitrogens with one attached hydrogen (secondary N) is 1. The number of rotatable bonds is 5. The smallest absolute Gasteiger partial charge is 0.325 e. The fourth-order valence-electron chi connectivity index (χ4n) is 5.20. The normalized spacial score (nSPS) is 22.0. The van der Waals surface area contributed by atoms with Gasteiger partial charge in [-0.15, -0.1) is 0 Å². The van der Waals surface area contributed by atoms with Gasteiger partial charge in [0.15, 0.2) is 0 Å². The van der Waals surface area contributed by atoms with Crippen LogP contribution < -0.4 is 5.32 Å². The van der Waals surface area contributed by atoms with E-state index in [1.54, 1.807) is 13.1 Å². The van der Waals surface area contributed by atoms with Crippen molar-refractivity contribution in [3.05, 3.63) is 23.3 Å². The molecule has 4 rings (SSSR count). The van der Waals surface area contributed by atoms with E-state index < -0.39 is 5.54 Å². The topological polar surface area (TPSA) is 98.7 Å². The van der Waals surface area contributed by atoms with Crippen LogP contribution in [0.5, 0.6) is 0 Å². The molecule has 1 aromatic rings. The number of likely N-dealkylation sites (tertiary alicyclic amines) is 2. The second-order valence-corrected chi connectivity index (χ2v) is 9.42. The van der Waals surface area contributed by atoms with Crippen molar-refractivity contribution in [3.63, 3.8) is 0 Å². The van der Waals surface area contributed by atoms with Crippen LogP contribution in [0.2, 0.25) is 0 Å². The number of hydrogen-bond donors (Lipinski definition) is 1. The summed E-state index contributed by atoms with van der Waals surface area (Å²) in [4.78, 5) is 52.8. The Balaban J connectivity index is 1.32. The third kappa shape index (κ3) is 4.35. The summed E-state index contributed by atoms with van der Waals surface area (Å²) in [7, 11) is 0. The number of carbonyl (C=O) groups is 3. The van der Waals surface area contributed by atoms with Crippen molar-refractivity contribution in [2.24, 2.45) is 5.92 Å². The highest BCUT2D eigenvalue weighted by Gasteiger charge is 2.52. The third-order valence-electron chi connectivity index (χ3n) is 7.17. The number of carbonyl (C=O) groups excluding carboxylic acids is 3. The maximum Gasteiger partial charge on any atom is 0.325 e. The maximum atomic E-state index is 13.2. The van der Waals surface area contributed by atoms with Gasteiger partial charge in [0, 0.05) is 38.9 Å². The Morgan fingerprint density at radius 1 is 1.16 bits per heavy atom. The minimum Gasteiger partial charge on any atom is -0.339 e. The van der Waals surface area contributed by atoms with Crippen LogP contribution in [0.15, 0.2) is 6.20 Å². The molecule has 174 valence electrons. The lowest BCUT2D eigenvalue weighted by molar-refractivity contribution is -0.133. The zero-order chi connectivity index (χ0) is 22.9. The first-order valence-electron chi connectivity index (χ1n) is 11.8. The molecule has 3 aliphatic heterocycles. The van der Waals surface area contributed by atoms with E-state index >= 15 is 0 Å². The average Bonchev–Trinajstić information content (AvgIpc) is 3.00. The van der Waals surface area contributed by atoms with E-state index in [4.69, 9.17) is 0 Å². The molecule has 0 unspecified atom stereocenters. The summed E-state index contributed by atoms with van der Waals surface area (Å²) < 4.78 is 0. The number of aryl methyl sites for hydroxylation is 2. The SMILES string of the molecule is CCCN1CCC2(CC1)NC(=O)N(CC1CCN(C(=O)c3cnc(C)nc3C)CC1)C2=O. The molecule has 0 bridgehead atoms. The van der Waals surface area contributed by atoms with Crippen molar-refractivity contribution in [1.29, 1.82) is 0 Å². The van der Waals surface area contributed by atoms with Gasteiger partial charge in [-0.3, -0.25) is 14.5 Å². The van der Waals surface area contributed by atoms with Crippen LogP contribution in [-0.4, -0.2) is 87.3 Å². The molecular weight excluding hydrogens is 408 g/mol. The molecule has 0 atom stereocenters. The monoisotopic (exact) mass is 442 g/mol. The Morgan fingerprint density at radius 3 is 2.47 bits per heavy atom. The van der Waals surface area contributed by atoms with Gasteiger partial charge in [0.1, 0.15) is 11.4 Å². The lowest BCUT2D eigenvalue weighted by Crippen LogP contribution is -2.55. The minimum atomic E-state index is -0.721. The van der Waals surface area contributed by atoms with E-state index in [0.29, 0.717) is 49.6 Å². The molecule has 4 heterocycles. The van der Waals surface area contributed by atoms with Gasteiger partial charge in [-0.25, -0.2) is 14.8 Å². The van der Waals surface area contributed by atoms with Crippen molar-refractivity contribution in [1.82, 2.24) is 30.0 Å². The fraction of sp³-hybridized carbons (Fsp3) is 0.696. The summed E-state index contributed by atoms with van der Waals surface area (Å²) in [6.45, 7) is 10.2. The lowest BCUT2D eigenvalue weighted by Gasteiger charge is -2.37. The molecule has 9 nitrogen and oxygen atoms in total.